The van der Waals surface area contributed by atoms with E-state index < -0.39 is 10.9 Å². The summed E-state index contributed by atoms with van der Waals surface area (Å²) in [6.45, 7) is 5.06. The zero-order valence-corrected chi connectivity index (χ0v) is 12.5. The van der Waals surface area contributed by atoms with Crippen LogP contribution in [0.2, 0.25) is 0 Å². The first kappa shape index (κ1) is 15.5. The molecule has 1 N–H and O–H groups in total. The second-order valence-electron chi connectivity index (χ2n) is 5.15. The maximum Gasteiger partial charge on any atom is 0.253 e. The summed E-state index contributed by atoms with van der Waals surface area (Å²) in [5, 5.41) is 3.02. The van der Waals surface area contributed by atoms with Crippen molar-refractivity contribution in [2.24, 2.45) is 0 Å². The van der Waals surface area contributed by atoms with E-state index >= 15 is 0 Å². The molecule has 0 radical (unpaired) electrons. The van der Waals surface area contributed by atoms with Crippen molar-refractivity contribution in [3.8, 4) is 0 Å². The summed E-state index contributed by atoms with van der Waals surface area (Å²) < 4.78 is 4.94. The first-order valence-electron chi connectivity index (χ1n) is 7.12. The van der Waals surface area contributed by atoms with E-state index in [1.54, 1.807) is 12.0 Å². The normalized spacial score (nSPS) is 15.5. The van der Waals surface area contributed by atoms with E-state index in [0.29, 0.717) is 50.7 Å². The first-order valence-corrected chi connectivity index (χ1v) is 7.12. The standard InChI is InChI=1S/C14H21N3O4/c1-10(18)16-5-7-17(8-6-16)12-11(13(19)14(12)20)15-4-3-9-21-2/h15H,3-9H2,1-2H3. The number of amides is 1. The molecule has 1 amide bonds. The molecule has 1 aromatic carbocycles. The number of rotatable bonds is 6. The molecule has 2 rings (SSSR count). The number of ether oxygens (including phenoxy) is 1. The third-order valence-corrected chi connectivity index (χ3v) is 3.75. The van der Waals surface area contributed by atoms with Gasteiger partial charge in [0.15, 0.2) is 0 Å². The van der Waals surface area contributed by atoms with Crippen LogP contribution in [0.25, 0.3) is 0 Å². The van der Waals surface area contributed by atoms with Gasteiger partial charge in [0, 0.05) is 53.4 Å². The fourth-order valence-electron chi connectivity index (χ4n) is 2.52. The predicted molar refractivity (Wildman–Crippen MR) is 80.8 cm³/mol. The molecule has 7 heteroatoms. The first-order chi connectivity index (χ1) is 10.1. The second kappa shape index (κ2) is 6.71. The lowest BCUT2D eigenvalue weighted by Crippen LogP contribution is -2.52. The summed E-state index contributed by atoms with van der Waals surface area (Å²) >= 11 is 0. The molecule has 1 saturated heterocycles. The van der Waals surface area contributed by atoms with Gasteiger partial charge in [-0.2, -0.15) is 0 Å². The highest BCUT2D eigenvalue weighted by atomic mass is 16.5. The van der Waals surface area contributed by atoms with Gasteiger partial charge in [-0.1, -0.05) is 0 Å². The van der Waals surface area contributed by atoms with E-state index in [4.69, 9.17) is 4.74 Å². The SMILES string of the molecule is COCCCNc1c(N2CCN(C(C)=O)CC2)c(=O)c1=O. The molecule has 0 bridgehead atoms. The van der Waals surface area contributed by atoms with Gasteiger partial charge < -0.3 is 19.9 Å². The van der Waals surface area contributed by atoms with Crippen LogP contribution in [0, 0.1) is 0 Å². The molecule has 1 aliphatic rings. The zero-order valence-electron chi connectivity index (χ0n) is 12.5. The summed E-state index contributed by atoms with van der Waals surface area (Å²) in [6, 6.07) is 0. The Morgan fingerprint density at radius 1 is 1.19 bits per heavy atom. The number of carbonyl (C=O) groups excluding carboxylic acids is 1. The van der Waals surface area contributed by atoms with Gasteiger partial charge in [0.1, 0.15) is 11.4 Å². The summed E-state index contributed by atoms with van der Waals surface area (Å²) in [4.78, 5) is 38.4. The maximum absolute atomic E-state index is 11.8. The Labute approximate surface area is 123 Å². The number of carbonyl (C=O) groups is 1. The van der Waals surface area contributed by atoms with E-state index in [1.165, 1.54) is 6.92 Å². The van der Waals surface area contributed by atoms with Crippen LogP contribution in [-0.2, 0) is 9.53 Å². The van der Waals surface area contributed by atoms with Gasteiger partial charge in [-0.25, -0.2) is 0 Å². The molecule has 21 heavy (non-hydrogen) atoms. The lowest BCUT2D eigenvalue weighted by atomic mass is 10.1. The van der Waals surface area contributed by atoms with Crippen molar-refractivity contribution in [3.05, 3.63) is 20.4 Å². The number of methoxy groups -OCH3 is 1. The van der Waals surface area contributed by atoms with Crippen LogP contribution in [0.4, 0.5) is 11.4 Å². The van der Waals surface area contributed by atoms with Crippen LogP contribution in [0.3, 0.4) is 0 Å². The van der Waals surface area contributed by atoms with E-state index in [2.05, 4.69) is 5.32 Å². The molecule has 0 aliphatic carbocycles. The van der Waals surface area contributed by atoms with Crippen molar-refractivity contribution in [1.82, 2.24) is 4.90 Å². The smallest absolute Gasteiger partial charge is 0.253 e. The van der Waals surface area contributed by atoms with Crippen molar-refractivity contribution in [2.75, 3.05) is 56.7 Å². The Hall–Kier alpha value is -1.89. The fourth-order valence-corrected chi connectivity index (χ4v) is 2.52. The molecule has 116 valence electrons. The van der Waals surface area contributed by atoms with Crippen LogP contribution in [0.1, 0.15) is 13.3 Å². The van der Waals surface area contributed by atoms with E-state index in [-0.39, 0.29) is 5.91 Å². The average Bonchev–Trinajstić information content (AvgIpc) is 2.49. The van der Waals surface area contributed by atoms with Crippen molar-refractivity contribution >= 4 is 17.3 Å². The summed E-state index contributed by atoms with van der Waals surface area (Å²) in [7, 11) is 1.62. The summed E-state index contributed by atoms with van der Waals surface area (Å²) in [5.41, 5.74) is 0.00456. The van der Waals surface area contributed by atoms with Crippen molar-refractivity contribution < 1.29 is 9.53 Å². The van der Waals surface area contributed by atoms with Gasteiger partial charge in [-0.05, 0) is 6.42 Å². The Bertz CT molecular complexity index is 569. The monoisotopic (exact) mass is 295 g/mol. The number of nitrogens with zero attached hydrogens (tertiary/aromatic N) is 2. The van der Waals surface area contributed by atoms with Gasteiger partial charge in [0.05, 0.1) is 0 Å². The van der Waals surface area contributed by atoms with E-state index in [9.17, 15) is 14.4 Å². The fraction of sp³-hybridized carbons (Fsp3) is 0.643. The lowest BCUT2D eigenvalue weighted by molar-refractivity contribution is -0.129. The number of nitrogens with one attached hydrogen (secondary N) is 1. The third-order valence-electron chi connectivity index (χ3n) is 3.75. The van der Waals surface area contributed by atoms with Crippen LogP contribution in [-0.4, -0.2) is 57.2 Å². The van der Waals surface area contributed by atoms with Gasteiger partial charge >= 0.3 is 0 Å². The Kier molecular flexibility index (Phi) is 4.95. The minimum Gasteiger partial charge on any atom is -0.385 e. The van der Waals surface area contributed by atoms with E-state index in [0.717, 1.165) is 6.42 Å². The van der Waals surface area contributed by atoms with Crippen molar-refractivity contribution in [2.45, 2.75) is 13.3 Å². The molecule has 1 aliphatic heterocycles. The van der Waals surface area contributed by atoms with Crippen molar-refractivity contribution in [3.63, 3.8) is 0 Å². The van der Waals surface area contributed by atoms with Crippen LogP contribution < -0.4 is 21.1 Å². The highest BCUT2D eigenvalue weighted by Gasteiger charge is 2.28. The van der Waals surface area contributed by atoms with Crippen LogP contribution in [0.15, 0.2) is 9.59 Å². The van der Waals surface area contributed by atoms with Crippen molar-refractivity contribution in [1.29, 1.82) is 0 Å². The highest BCUT2D eigenvalue weighted by molar-refractivity contribution is 5.76. The van der Waals surface area contributed by atoms with Gasteiger partial charge in [-0.15, -0.1) is 0 Å². The highest BCUT2D eigenvalue weighted by Crippen LogP contribution is 2.21. The molecule has 0 atom stereocenters. The largest absolute Gasteiger partial charge is 0.385 e. The van der Waals surface area contributed by atoms with Crippen LogP contribution in [0.5, 0.6) is 0 Å². The topological polar surface area (TPSA) is 79.0 Å². The lowest BCUT2D eigenvalue weighted by Gasteiger charge is -2.36. The number of hydrogen-bond acceptors (Lipinski definition) is 6. The average molecular weight is 295 g/mol. The molecular formula is C14H21N3O4. The Balaban J connectivity index is 1.98. The molecule has 0 spiro atoms. The molecule has 7 nitrogen and oxygen atoms in total. The van der Waals surface area contributed by atoms with Crippen LogP contribution >= 0.6 is 0 Å². The summed E-state index contributed by atoms with van der Waals surface area (Å²) in [6.07, 6.45) is 0.771. The van der Waals surface area contributed by atoms with Gasteiger partial charge in [0.2, 0.25) is 5.91 Å². The minimum absolute atomic E-state index is 0.0394. The Morgan fingerprint density at radius 2 is 1.86 bits per heavy atom. The Morgan fingerprint density at radius 3 is 2.43 bits per heavy atom. The quantitative estimate of drug-likeness (QED) is 0.558. The zero-order chi connectivity index (χ0) is 15.4. The van der Waals surface area contributed by atoms with Gasteiger partial charge in [0.25, 0.3) is 10.9 Å². The molecule has 0 unspecified atom stereocenters. The number of hydrogen-bond donors (Lipinski definition) is 1. The van der Waals surface area contributed by atoms with Gasteiger partial charge in [-0.3, -0.25) is 14.4 Å². The molecule has 1 heterocycles. The second-order valence-corrected chi connectivity index (χ2v) is 5.15. The molecule has 1 fully saturated rings. The molecular weight excluding hydrogens is 274 g/mol. The minimum atomic E-state index is -0.448. The summed E-state index contributed by atoms with van der Waals surface area (Å²) in [5.74, 6) is 0.0394. The number of anilines is 2. The maximum atomic E-state index is 11.8. The molecule has 0 saturated carbocycles. The van der Waals surface area contributed by atoms with E-state index in [1.807, 2.05) is 4.90 Å². The predicted octanol–water partition coefficient (Wildman–Crippen LogP) is -0.600. The third kappa shape index (κ3) is 3.24. The number of piperazine rings is 1. The molecule has 1 aromatic rings. The molecule has 0 aromatic heterocycles.